The van der Waals surface area contributed by atoms with Crippen LogP contribution >= 0.6 is 11.6 Å². The van der Waals surface area contributed by atoms with Crippen molar-refractivity contribution in [3.05, 3.63) is 40.5 Å². The molecule has 1 amide bonds. The van der Waals surface area contributed by atoms with E-state index in [9.17, 15) is 4.79 Å². The molecule has 1 aliphatic rings. The average molecular weight is 392 g/mol. The summed E-state index contributed by atoms with van der Waals surface area (Å²) in [6, 6.07) is 3.46. The van der Waals surface area contributed by atoms with Crippen LogP contribution in [0.3, 0.4) is 0 Å². The van der Waals surface area contributed by atoms with Crippen molar-refractivity contribution in [2.75, 3.05) is 14.2 Å². The van der Waals surface area contributed by atoms with Crippen LogP contribution in [0.2, 0.25) is 5.02 Å². The Morgan fingerprint density at radius 1 is 1.30 bits per heavy atom. The molecule has 1 aromatic carbocycles. The Morgan fingerprint density at radius 3 is 2.63 bits per heavy atom. The van der Waals surface area contributed by atoms with Gasteiger partial charge >= 0.3 is 0 Å². The van der Waals surface area contributed by atoms with Gasteiger partial charge < -0.3 is 19.3 Å². The van der Waals surface area contributed by atoms with Crippen LogP contribution in [0.25, 0.3) is 6.08 Å². The number of hydrogen-bond donors (Lipinski definition) is 1. The molecule has 1 saturated carbocycles. The van der Waals surface area contributed by atoms with E-state index in [4.69, 9.17) is 25.6 Å². The summed E-state index contributed by atoms with van der Waals surface area (Å²) in [6.07, 6.45) is 6.71. The van der Waals surface area contributed by atoms with Gasteiger partial charge in [-0.2, -0.15) is 4.98 Å². The summed E-state index contributed by atoms with van der Waals surface area (Å²) in [6.45, 7) is 1.74. The van der Waals surface area contributed by atoms with Crippen molar-refractivity contribution in [3.8, 4) is 11.5 Å². The molecule has 0 aliphatic heterocycles. The molecule has 3 rings (SSSR count). The Morgan fingerprint density at radius 2 is 2.04 bits per heavy atom. The summed E-state index contributed by atoms with van der Waals surface area (Å²) < 4.78 is 15.6. The molecule has 0 atom stereocenters. The van der Waals surface area contributed by atoms with Crippen LogP contribution in [0.4, 0.5) is 0 Å². The molecule has 0 bridgehead atoms. The second kappa shape index (κ2) is 8.00. The number of halogens is 1. The Balaban J connectivity index is 1.78. The molecule has 144 valence electrons. The highest BCUT2D eigenvalue weighted by Crippen LogP contribution is 2.38. The Labute approximate surface area is 162 Å². The minimum absolute atomic E-state index is 0.231. The number of carbonyl (C=O) groups is 1. The Bertz CT molecular complexity index is 857. The van der Waals surface area contributed by atoms with Gasteiger partial charge in [-0.15, -0.1) is 0 Å². The van der Waals surface area contributed by atoms with E-state index >= 15 is 0 Å². The van der Waals surface area contributed by atoms with Crippen molar-refractivity contribution in [2.24, 2.45) is 0 Å². The minimum Gasteiger partial charge on any atom is -0.493 e. The molecule has 1 N–H and O–H groups in total. The molecule has 2 aromatic rings. The zero-order chi connectivity index (χ0) is 19.4. The second-order valence-electron chi connectivity index (χ2n) is 6.49. The highest BCUT2D eigenvalue weighted by atomic mass is 35.5. The molecule has 1 heterocycles. The summed E-state index contributed by atoms with van der Waals surface area (Å²) in [4.78, 5) is 16.9. The second-order valence-corrected chi connectivity index (χ2v) is 6.89. The van der Waals surface area contributed by atoms with Crippen LogP contribution in [-0.2, 0) is 10.3 Å². The SMILES string of the molecule is COc1cc(/C=C/C(=O)NC2(c3noc(C)n3)CCCC2)cc(Cl)c1OC. The average Bonchev–Trinajstić information content (AvgIpc) is 3.29. The number of carbonyl (C=O) groups excluding carboxylic acids is 1. The first kappa shape index (κ1) is 19.2. The summed E-state index contributed by atoms with van der Waals surface area (Å²) in [7, 11) is 3.05. The monoisotopic (exact) mass is 391 g/mol. The van der Waals surface area contributed by atoms with E-state index in [1.54, 1.807) is 25.1 Å². The predicted octanol–water partition coefficient (Wildman–Crippen LogP) is 3.65. The number of benzene rings is 1. The molecule has 1 aliphatic carbocycles. The van der Waals surface area contributed by atoms with Crippen molar-refractivity contribution >= 4 is 23.6 Å². The first-order valence-electron chi connectivity index (χ1n) is 8.70. The topological polar surface area (TPSA) is 86.5 Å². The summed E-state index contributed by atoms with van der Waals surface area (Å²) in [5, 5.41) is 7.49. The van der Waals surface area contributed by atoms with Crippen LogP contribution in [-0.4, -0.2) is 30.3 Å². The number of rotatable bonds is 6. The fourth-order valence-corrected chi connectivity index (χ4v) is 3.66. The maximum Gasteiger partial charge on any atom is 0.244 e. The van der Waals surface area contributed by atoms with Crippen LogP contribution in [0.1, 0.15) is 43.0 Å². The van der Waals surface area contributed by atoms with E-state index < -0.39 is 5.54 Å². The molecule has 1 aromatic heterocycles. The highest BCUT2D eigenvalue weighted by Gasteiger charge is 2.40. The van der Waals surface area contributed by atoms with Crippen molar-refractivity contribution in [3.63, 3.8) is 0 Å². The lowest BCUT2D eigenvalue weighted by molar-refractivity contribution is -0.118. The van der Waals surface area contributed by atoms with Gasteiger partial charge in [0.2, 0.25) is 11.8 Å². The van der Waals surface area contributed by atoms with Crippen LogP contribution in [0.15, 0.2) is 22.7 Å². The van der Waals surface area contributed by atoms with Gasteiger partial charge in [-0.1, -0.05) is 29.6 Å². The quantitative estimate of drug-likeness (QED) is 0.756. The third-order valence-corrected chi connectivity index (χ3v) is 4.94. The predicted molar refractivity (Wildman–Crippen MR) is 101 cm³/mol. The third-order valence-electron chi connectivity index (χ3n) is 4.66. The zero-order valence-electron chi connectivity index (χ0n) is 15.5. The van der Waals surface area contributed by atoms with Gasteiger partial charge in [-0.05, 0) is 36.6 Å². The van der Waals surface area contributed by atoms with Crippen molar-refractivity contribution in [1.82, 2.24) is 15.5 Å². The van der Waals surface area contributed by atoms with Crippen LogP contribution in [0, 0.1) is 6.92 Å². The normalized spacial score (nSPS) is 15.9. The maximum atomic E-state index is 12.5. The Kier molecular flexibility index (Phi) is 5.70. The van der Waals surface area contributed by atoms with Crippen LogP contribution < -0.4 is 14.8 Å². The lowest BCUT2D eigenvalue weighted by Crippen LogP contribution is -2.44. The summed E-state index contributed by atoms with van der Waals surface area (Å²) in [5.74, 6) is 1.75. The number of nitrogens with zero attached hydrogens (tertiary/aromatic N) is 2. The van der Waals surface area contributed by atoms with E-state index in [0.29, 0.717) is 28.2 Å². The molecule has 0 unspecified atom stereocenters. The molecular formula is C19H22ClN3O4. The standard InChI is InChI=1S/C19H22ClN3O4/c1-12-21-18(23-27-12)19(8-4-5-9-19)22-16(24)7-6-13-10-14(20)17(26-3)15(11-13)25-2/h6-7,10-11H,4-5,8-9H2,1-3H3,(H,22,24)/b7-6+. The number of aromatic nitrogens is 2. The molecule has 0 saturated heterocycles. The number of methoxy groups -OCH3 is 2. The highest BCUT2D eigenvalue weighted by molar-refractivity contribution is 6.32. The van der Waals surface area contributed by atoms with Gasteiger partial charge in [0.25, 0.3) is 0 Å². The van der Waals surface area contributed by atoms with Crippen molar-refractivity contribution < 1.29 is 18.8 Å². The smallest absolute Gasteiger partial charge is 0.244 e. The molecule has 0 radical (unpaired) electrons. The van der Waals surface area contributed by atoms with Crippen molar-refractivity contribution in [1.29, 1.82) is 0 Å². The molecule has 1 fully saturated rings. The van der Waals surface area contributed by atoms with Gasteiger partial charge in [0.1, 0.15) is 5.54 Å². The largest absolute Gasteiger partial charge is 0.493 e. The first-order valence-corrected chi connectivity index (χ1v) is 9.08. The van der Waals surface area contributed by atoms with Crippen molar-refractivity contribution in [2.45, 2.75) is 38.1 Å². The van der Waals surface area contributed by atoms with Gasteiger partial charge in [0, 0.05) is 13.0 Å². The number of nitrogens with one attached hydrogen (secondary N) is 1. The lowest BCUT2D eigenvalue weighted by atomic mass is 9.96. The van der Waals surface area contributed by atoms with E-state index in [1.807, 2.05) is 0 Å². The molecular weight excluding hydrogens is 370 g/mol. The van der Waals surface area contributed by atoms with Gasteiger partial charge in [-0.3, -0.25) is 4.79 Å². The van der Waals surface area contributed by atoms with Gasteiger partial charge in [0.05, 0.1) is 19.2 Å². The number of ether oxygens (including phenoxy) is 2. The lowest BCUT2D eigenvalue weighted by Gasteiger charge is -2.25. The number of amides is 1. The first-order chi connectivity index (χ1) is 13.0. The van der Waals surface area contributed by atoms with Crippen LogP contribution in [0.5, 0.6) is 11.5 Å². The zero-order valence-corrected chi connectivity index (χ0v) is 16.3. The number of aryl methyl sites for hydroxylation is 1. The summed E-state index contributed by atoms with van der Waals surface area (Å²) in [5.41, 5.74) is 0.151. The van der Waals surface area contributed by atoms with Gasteiger partial charge in [-0.25, -0.2) is 0 Å². The van der Waals surface area contributed by atoms with E-state index in [1.165, 1.54) is 20.3 Å². The van der Waals surface area contributed by atoms with Gasteiger partial charge in [0.15, 0.2) is 17.3 Å². The summed E-state index contributed by atoms with van der Waals surface area (Å²) >= 11 is 6.20. The molecule has 8 heteroatoms. The maximum absolute atomic E-state index is 12.5. The molecule has 0 spiro atoms. The minimum atomic E-state index is -0.575. The van der Waals surface area contributed by atoms with E-state index in [2.05, 4.69) is 15.5 Å². The molecule has 27 heavy (non-hydrogen) atoms. The number of hydrogen-bond acceptors (Lipinski definition) is 6. The fraction of sp³-hybridized carbons (Fsp3) is 0.421. The molecule has 7 nitrogen and oxygen atoms in total. The van der Waals surface area contributed by atoms with E-state index in [0.717, 1.165) is 31.2 Å². The van der Waals surface area contributed by atoms with E-state index in [-0.39, 0.29) is 5.91 Å². The fourth-order valence-electron chi connectivity index (χ4n) is 3.36. The Hall–Kier alpha value is -2.54. The third kappa shape index (κ3) is 4.08.